The second kappa shape index (κ2) is 4.96. The normalized spacial score (nSPS) is 17.1. The Kier molecular flexibility index (Phi) is 3.57. The lowest BCUT2D eigenvalue weighted by atomic mass is 10.2. The van der Waals surface area contributed by atoms with Gasteiger partial charge in [0.2, 0.25) is 0 Å². The van der Waals surface area contributed by atoms with E-state index in [2.05, 4.69) is 17.3 Å². The van der Waals surface area contributed by atoms with Gasteiger partial charge in [0.1, 0.15) is 5.82 Å². The summed E-state index contributed by atoms with van der Waals surface area (Å²) in [5.41, 5.74) is 7.53. The number of nitrogens with one attached hydrogen (secondary N) is 1. The lowest BCUT2D eigenvalue weighted by molar-refractivity contribution is 0.164. The van der Waals surface area contributed by atoms with Gasteiger partial charge >= 0.3 is 0 Å². The van der Waals surface area contributed by atoms with Gasteiger partial charge in [-0.3, -0.25) is 0 Å². The number of aryl methyl sites for hydroxylation is 2. The van der Waals surface area contributed by atoms with E-state index in [0.717, 1.165) is 37.3 Å². The van der Waals surface area contributed by atoms with Crippen molar-refractivity contribution in [3.8, 4) is 0 Å². The number of hydrogen-bond donors (Lipinski definition) is 3. The zero-order chi connectivity index (χ0) is 12.4. The van der Waals surface area contributed by atoms with Gasteiger partial charge in [0.25, 0.3) is 0 Å². The smallest absolute Gasteiger partial charge is 0.148 e. The van der Waals surface area contributed by atoms with Gasteiger partial charge in [-0.15, -0.1) is 0 Å². The Morgan fingerprint density at radius 2 is 2.29 bits per heavy atom. The fourth-order valence-electron chi connectivity index (χ4n) is 2.00. The number of nitrogens with zero attached hydrogens (tertiary/aromatic N) is 2. The van der Waals surface area contributed by atoms with Crippen LogP contribution in [0.1, 0.15) is 31.9 Å². The van der Waals surface area contributed by atoms with Crippen LogP contribution in [-0.2, 0) is 6.54 Å². The van der Waals surface area contributed by atoms with Crippen molar-refractivity contribution in [1.82, 2.24) is 9.78 Å². The first-order valence-electron chi connectivity index (χ1n) is 6.38. The van der Waals surface area contributed by atoms with Gasteiger partial charge in [-0.1, -0.05) is 6.92 Å². The largest absolute Gasteiger partial charge is 0.394 e. The molecule has 0 bridgehead atoms. The van der Waals surface area contributed by atoms with E-state index in [4.69, 9.17) is 5.73 Å². The van der Waals surface area contributed by atoms with Crippen molar-refractivity contribution in [2.45, 2.75) is 45.8 Å². The molecule has 0 aromatic carbocycles. The van der Waals surface area contributed by atoms with E-state index >= 15 is 0 Å². The first-order chi connectivity index (χ1) is 8.13. The highest BCUT2D eigenvalue weighted by atomic mass is 16.3. The maximum atomic E-state index is 9.84. The van der Waals surface area contributed by atoms with Crippen LogP contribution in [0.25, 0.3) is 0 Å². The summed E-state index contributed by atoms with van der Waals surface area (Å²) >= 11 is 0. The van der Waals surface area contributed by atoms with Crippen molar-refractivity contribution in [2.75, 3.05) is 17.6 Å². The van der Waals surface area contributed by atoms with Gasteiger partial charge in [-0.05, 0) is 32.1 Å². The maximum absolute atomic E-state index is 9.84. The molecule has 5 nitrogen and oxygen atoms in total. The molecule has 0 spiro atoms. The molecule has 17 heavy (non-hydrogen) atoms. The zero-order valence-corrected chi connectivity index (χ0v) is 10.6. The standard InChI is InChI=1S/C12H22N4O/c1-3-6-16-12(11(13)8(2)15-16)14-7-10(17)9-4-5-9/h9-10,14,17H,3-7,13H2,1-2H3. The van der Waals surface area contributed by atoms with E-state index in [9.17, 15) is 5.11 Å². The molecule has 1 aromatic rings. The van der Waals surface area contributed by atoms with Crippen LogP contribution < -0.4 is 11.1 Å². The Morgan fingerprint density at radius 3 is 2.88 bits per heavy atom. The minimum absolute atomic E-state index is 0.264. The molecule has 1 aliphatic rings. The topological polar surface area (TPSA) is 76.1 Å². The van der Waals surface area contributed by atoms with E-state index in [0.29, 0.717) is 18.2 Å². The van der Waals surface area contributed by atoms with Crippen molar-refractivity contribution in [3.63, 3.8) is 0 Å². The molecule has 1 fully saturated rings. The lowest BCUT2D eigenvalue weighted by Gasteiger charge is -2.13. The average molecular weight is 238 g/mol. The third kappa shape index (κ3) is 2.72. The number of nitrogen functional groups attached to an aromatic ring is 1. The van der Waals surface area contributed by atoms with Crippen LogP contribution in [0.3, 0.4) is 0 Å². The fraction of sp³-hybridized carbons (Fsp3) is 0.750. The molecule has 1 heterocycles. The van der Waals surface area contributed by atoms with E-state index in [-0.39, 0.29) is 6.10 Å². The fourth-order valence-corrected chi connectivity index (χ4v) is 2.00. The van der Waals surface area contributed by atoms with Gasteiger partial charge < -0.3 is 16.2 Å². The molecular formula is C12H22N4O. The molecular weight excluding hydrogens is 216 g/mol. The van der Waals surface area contributed by atoms with Gasteiger partial charge in [0.05, 0.1) is 17.5 Å². The maximum Gasteiger partial charge on any atom is 0.148 e. The molecule has 0 aliphatic heterocycles. The summed E-state index contributed by atoms with van der Waals surface area (Å²) in [4.78, 5) is 0. The predicted octanol–water partition coefficient (Wildman–Crippen LogP) is 1.37. The van der Waals surface area contributed by atoms with Crippen LogP contribution in [0.2, 0.25) is 0 Å². The van der Waals surface area contributed by atoms with Crippen molar-refractivity contribution in [3.05, 3.63) is 5.69 Å². The summed E-state index contributed by atoms with van der Waals surface area (Å²) in [7, 11) is 0. The zero-order valence-electron chi connectivity index (χ0n) is 10.6. The molecule has 0 amide bonds. The molecule has 1 aromatic heterocycles. The van der Waals surface area contributed by atoms with E-state index in [1.807, 2.05) is 11.6 Å². The molecule has 1 aliphatic carbocycles. The van der Waals surface area contributed by atoms with Crippen LogP contribution >= 0.6 is 0 Å². The minimum atomic E-state index is -0.264. The van der Waals surface area contributed by atoms with Crippen molar-refractivity contribution < 1.29 is 5.11 Å². The van der Waals surface area contributed by atoms with Crippen molar-refractivity contribution >= 4 is 11.5 Å². The van der Waals surface area contributed by atoms with Gasteiger partial charge in [0, 0.05) is 13.1 Å². The summed E-state index contributed by atoms with van der Waals surface area (Å²) < 4.78 is 1.89. The highest BCUT2D eigenvalue weighted by Gasteiger charge is 2.29. The second-order valence-corrected chi connectivity index (χ2v) is 4.86. The minimum Gasteiger partial charge on any atom is -0.394 e. The lowest BCUT2D eigenvalue weighted by Crippen LogP contribution is -2.23. The summed E-state index contributed by atoms with van der Waals surface area (Å²) in [6, 6.07) is 0. The molecule has 1 unspecified atom stereocenters. The molecule has 5 heteroatoms. The Morgan fingerprint density at radius 1 is 1.59 bits per heavy atom. The summed E-state index contributed by atoms with van der Waals surface area (Å²) in [6.45, 7) is 5.42. The van der Waals surface area contributed by atoms with Gasteiger partial charge in [0.15, 0.2) is 0 Å². The number of aliphatic hydroxyl groups excluding tert-OH is 1. The van der Waals surface area contributed by atoms with E-state index in [1.165, 1.54) is 0 Å². The number of anilines is 2. The second-order valence-electron chi connectivity index (χ2n) is 4.86. The van der Waals surface area contributed by atoms with Crippen molar-refractivity contribution in [2.24, 2.45) is 5.92 Å². The summed E-state index contributed by atoms with van der Waals surface area (Å²) in [6.07, 6.45) is 3.04. The van der Waals surface area contributed by atoms with Crippen LogP contribution in [0.5, 0.6) is 0 Å². The number of rotatable bonds is 6. The first-order valence-corrected chi connectivity index (χ1v) is 6.38. The Labute approximate surface area is 102 Å². The molecule has 1 atom stereocenters. The summed E-state index contributed by atoms with van der Waals surface area (Å²) in [5.74, 6) is 1.33. The molecule has 0 saturated heterocycles. The molecule has 0 radical (unpaired) electrons. The van der Waals surface area contributed by atoms with E-state index < -0.39 is 0 Å². The van der Waals surface area contributed by atoms with Crippen LogP contribution in [-0.4, -0.2) is 27.5 Å². The summed E-state index contributed by atoms with van der Waals surface area (Å²) in [5, 5.41) is 17.5. The SMILES string of the molecule is CCCn1nc(C)c(N)c1NCC(O)C1CC1. The number of aliphatic hydroxyl groups is 1. The number of hydrogen-bond acceptors (Lipinski definition) is 4. The molecule has 1 saturated carbocycles. The number of nitrogens with two attached hydrogens (primary N) is 1. The monoisotopic (exact) mass is 238 g/mol. The van der Waals surface area contributed by atoms with Gasteiger partial charge in [-0.25, -0.2) is 4.68 Å². The molecule has 2 rings (SSSR count). The van der Waals surface area contributed by atoms with Crippen LogP contribution in [0.4, 0.5) is 11.5 Å². The number of aromatic nitrogens is 2. The van der Waals surface area contributed by atoms with Crippen LogP contribution in [0, 0.1) is 12.8 Å². The average Bonchev–Trinajstić information content (AvgIpc) is 3.08. The first kappa shape index (κ1) is 12.2. The van der Waals surface area contributed by atoms with Crippen molar-refractivity contribution in [1.29, 1.82) is 0 Å². The quantitative estimate of drug-likeness (QED) is 0.699. The molecule has 96 valence electrons. The predicted molar refractivity (Wildman–Crippen MR) is 68.9 cm³/mol. The molecule has 4 N–H and O–H groups in total. The third-order valence-corrected chi connectivity index (χ3v) is 3.25. The highest BCUT2D eigenvalue weighted by molar-refractivity contribution is 5.64. The highest BCUT2D eigenvalue weighted by Crippen LogP contribution is 2.33. The Balaban J connectivity index is 2.01. The van der Waals surface area contributed by atoms with E-state index in [1.54, 1.807) is 0 Å². The van der Waals surface area contributed by atoms with Crippen LogP contribution in [0.15, 0.2) is 0 Å². The van der Waals surface area contributed by atoms with Gasteiger partial charge in [-0.2, -0.15) is 5.10 Å². The Hall–Kier alpha value is -1.23. The third-order valence-electron chi connectivity index (χ3n) is 3.25. The Bertz CT molecular complexity index is 384.